The molecule has 2 aromatic rings. The zero-order chi connectivity index (χ0) is 21.9. The van der Waals surface area contributed by atoms with Crippen LogP contribution in [-0.2, 0) is 11.0 Å². The topological polar surface area (TPSA) is 29.1 Å². The van der Waals surface area contributed by atoms with E-state index >= 15 is 0 Å². The molecule has 0 heterocycles. The first-order chi connectivity index (χ1) is 14.2. The van der Waals surface area contributed by atoms with Gasteiger partial charge in [-0.25, -0.2) is 0 Å². The average molecular weight is 434 g/mol. The van der Waals surface area contributed by atoms with Crippen molar-refractivity contribution in [2.24, 2.45) is 0 Å². The Kier molecular flexibility index (Phi) is 6.96. The van der Waals surface area contributed by atoms with Gasteiger partial charge in [0.25, 0.3) is 5.91 Å². The first kappa shape index (κ1) is 22.5. The monoisotopic (exact) mass is 433 g/mol. The second kappa shape index (κ2) is 9.29. The van der Waals surface area contributed by atoms with Crippen molar-refractivity contribution in [1.82, 2.24) is 5.32 Å². The lowest BCUT2D eigenvalue weighted by Crippen LogP contribution is -2.33. The predicted molar refractivity (Wildman–Crippen MR) is 116 cm³/mol. The Morgan fingerprint density at radius 3 is 2.40 bits per heavy atom. The number of carbonyl (C=O) groups excluding carboxylic acids is 1. The van der Waals surface area contributed by atoms with Gasteiger partial charge in [0.15, 0.2) is 0 Å². The highest BCUT2D eigenvalue weighted by molar-refractivity contribution is 7.99. The van der Waals surface area contributed by atoms with Gasteiger partial charge in [-0.1, -0.05) is 69.3 Å². The molecule has 0 aliphatic heterocycles. The minimum atomic E-state index is -4.53. The number of benzene rings is 2. The minimum absolute atomic E-state index is 0.0616. The fraction of sp³-hybridized carbons (Fsp3) is 0.375. The van der Waals surface area contributed by atoms with E-state index < -0.39 is 17.6 Å². The fourth-order valence-electron chi connectivity index (χ4n) is 3.67. The lowest BCUT2D eigenvalue weighted by Gasteiger charge is -2.18. The zero-order valence-electron chi connectivity index (χ0n) is 17.2. The van der Waals surface area contributed by atoms with Gasteiger partial charge in [0.1, 0.15) is 0 Å². The second-order valence-electron chi connectivity index (χ2n) is 7.94. The van der Waals surface area contributed by atoms with Gasteiger partial charge in [0.05, 0.1) is 5.56 Å². The van der Waals surface area contributed by atoms with E-state index in [1.54, 1.807) is 6.07 Å². The van der Waals surface area contributed by atoms with Gasteiger partial charge in [-0.05, 0) is 48.1 Å². The molecule has 0 bridgehead atoms. The minimum Gasteiger partial charge on any atom is -0.349 e. The van der Waals surface area contributed by atoms with Crippen LogP contribution in [0.1, 0.15) is 62.1 Å². The summed E-state index contributed by atoms with van der Waals surface area (Å²) >= 11 is 1.10. The van der Waals surface area contributed by atoms with Crippen molar-refractivity contribution in [3.8, 4) is 0 Å². The number of amides is 1. The number of hydrogen-bond donors (Lipinski definition) is 1. The molecular formula is C24H26F3NOS. The van der Waals surface area contributed by atoms with Gasteiger partial charge >= 0.3 is 6.18 Å². The molecule has 0 atom stereocenters. The average Bonchev–Trinajstić information content (AvgIpc) is 3.20. The Morgan fingerprint density at radius 2 is 1.77 bits per heavy atom. The quantitative estimate of drug-likeness (QED) is 0.495. The molecule has 0 radical (unpaired) electrons. The molecule has 2 aromatic carbocycles. The molecule has 30 heavy (non-hydrogen) atoms. The van der Waals surface area contributed by atoms with Crippen molar-refractivity contribution in [3.05, 3.63) is 65.7 Å². The lowest BCUT2D eigenvalue weighted by atomic mass is 10.0. The van der Waals surface area contributed by atoms with E-state index in [1.807, 2.05) is 38.1 Å². The van der Waals surface area contributed by atoms with Crippen LogP contribution in [0.5, 0.6) is 0 Å². The van der Waals surface area contributed by atoms with E-state index in [-0.39, 0.29) is 28.0 Å². The normalized spacial score (nSPS) is 14.9. The van der Waals surface area contributed by atoms with Crippen LogP contribution >= 0.6 is 11.8 Å². The zero-order valence-corrected chi connectivity index (χ0v) is 18.0. The van der Waals surface area contributed by atoms with Gasteiger partial charge in [-0.2, -0.15) is 13.2 Å². The number of rotatable bonds is 6. The summed E-state index contributed by atoms with van der Waals surface area (Å²) in [6.45, 7) is 7.78. The van der Waals surface area contributed by atoms with Crippen LogP contribution in [0.25, 0.3) is 5.57 Å². The van der Waals surface area contributed by atoms with Crippen LogP contribution in [0, 0.1) is 0 Å². The number of carbonyl (C=O) groups is 1. The Labute approximate surface area is 180 Å². The smallest absolute Gasteiger partial charge is 0.349 e. The van der Waals surface area contributed by atoms with E-state index in [0.29, 0.717) is 0 Å². The van der Waals surface area contributed by atoms with Crippen LogP contribution in [0.3, 0.4) is 0 Å². The maximum absolute atomic E-state index is 13.8. The largest absolute Gasteiger partial charge is 0.417 e. The first-order valence-electron chi connectivity index (χ1n) is 10.1. The molecule has 1 N–H and O–H groups in total. The van der Waals surface area contributed by atoms with Crippen molar-refractivity contribution in [1.29, 1.82) is 0 Å². The molecule has 1 fully saturated rings. The van der Waals surface area contributed by atoms with Crippen molar-refractivity contribution >= 4 is 23.2 Å². The summed E-state index contributed by atoms with van der Waals surface area (Å²) in [5.41, 5.74) is 0.504. The first-order valence-corrected chi connectivity index (χ1v) is 11.0. The van der Waals surface area contributed by atoms with E-state index in [0.717, 1.165) is 54.0 Å². The van der Waals surface area contributed by atoms with E-state index in [1.165, 1.54) is 6.07 Å². The molecule has 0 unspecified atom stereocenters. The molecule has 1 amide bonds. The van der Waals surface area contributed by atoms with E-state index in [9.17, 15) is 18.0 Å². The summed E-state index contributed by atoms with van der Waals surface area (Å²) in [6.07, 6.45) is -0.624. The van der Waals surface area contributed by atoms with Gasteiger partial charge in [0, 0.05) is 21.4 Å². The van der Waals surface area contributed by atoms with Crippen LogP contribution < -0.4 is 5.32 Å². The maximum atomic E-state index is 13.8. The lowest BCUT2D eigenvalue weighted by molar-refractivity contribution is -0.139. The Morgan fingerprint density at radius 1 is 1.10 bits per heavy atom. The molecule has 3 rings (SSSR count). The van der Waals surface area contributed by atoms with Crippen LogP contribution in [0.4, 0.5) is 13.2 Å². The summed E-state index contributed by atoms with van der Waals surface area (Å²) in [7, 11) is 0. The van der Waals surface area contributed by atoms with E-state index in [2.05, 4.69) is 11.9 Å². The highest BCUT2D eigenvalue weighted by Crippen LogP contribution is 2.42. The van der Waals surface area contributed by atoms with Crippen LogP contribution in [0.2, 0.25) is 0 Å². The number of halogens is 3. The van der Waals surface area contributed by atoms with Crippen molar-refractivity contribution in [2.45, 2.75) is 67.5 Å². The van der Waals surface area contributed by atoms with Crippen molar-refractivity contribution < 1.29 is 18.0 Å². The summed E-state index contributed by atoms with van der Waals surface area (Å²) < 4.78 is 41.5. The third-order valence-corrected chi connectivity index (χ3v) is 6.53. The standard InChI is InChI=1S/C24H26F3NOS/c1-15(2)19-10-6-7-11-21(19)30-22-13-12-17(14-20(22)24(25,26)27)16(3)23(29)28-18-8-4-5-9-18/h6-7,10-15,18H,3-5,8-9H2,1-2H3,(H,28,29). The van der Waals surface area contributed by atoms with Crippen LogP contribution in [-0.4, -0.2) is 11.9 Å². The molecule has 0 spiro atoms. The molecule has 1 aliphatic carbocycles. The van der Waals surface area contributed by atoms with E-state index in [4.69, 9.17) is 0 Å². The Bertz CT molecular complexity index is 930. The molecule has 0 saturated heterocycles. The maximum Gasteiger partial charge on any atom is 0.417 e. The molecule has 2 nitrogen and oxygen atoms in total. The number of alkyl halides is 3. The number of hydrogen-bond acceptors (Lipinski definition) is 2. The van der Waals surface area contributed by atoms with Gasteiger partial charge < -0.3 is 5.32 Å². The second-order valence-corrected chi connectivity index (χ2v) is 9.02. The van der Waals surface area contributed by atoms with Crippen LogP contribution in [0.15, 0.2) is 58.8 Å². The van der Waals surface area contributed by atoms with Crippen molar-refractivity contribution in [2.75, 3.05) is 0 Å². The molecular weight excluding hydrogens is 407 g/mol. The summed E-state index contributed by atoms with van der Waals surface area (Å²) in [4.78, 5) is 13.4. The SMILES string of the molecule is C=C(C(=O)NC1CCCC1)c1ccc(Sc2ccccc2C(C)C)c(C(F)(F)F)c1. The molecule has 6 heteroatoms. The number of nitrogens with one attached hydrogen (secondary N) is 1. The fourth-order valence-corrected chi connectivity index (χ4v) is 4.90. The highest BCUT2D eigenvalue weighted by atomic mass is 32.2. The molecule has 1 aliphatic rings. The van der Waals surface area contributed by atoms with Gasteiger partial charge in [-0.15, -0.1) is 0 Å². The van der Waals surface area contributed by atoms with Gasteiger partial charge in [0.2, 0.25) is 0 Å². The highest BCUT2D eigenvalue weighted by Gasteiger charge is 2.34. The molecule has 1 saturated carbocycles. The third-order valence-electron chi connectivity index (χ3n) is 5.36. The van der Waals surface area contributed by atoms with Crippen molar-refractivity contribution in [3.63, 3.8) is 0 Å². The molecule has 160 valence electrons. The Hall–Kier alpha value is -2.21. The Balaban J connectivity index is 1.89. The summed E-state index contributed by atoms with van der Waals surface area (Å²) in [5, 5.41) is 2.88. The summed E-state index contributed by atoms with van der Waals surface area (Å²) in [5.74, 6) is -0.207. The predicted octanol–water partition coefficient (Wildman–Crippen LogP) is 7.05. The third kappa shape index (κ3) is 5.28. The summed E-state index contributed by atoms with van der Waals surface area (Å²) in [6, 6.07) is 11.6. The molecule has 0 aromatic heterocycles. The van der Waals surface area contributed by atoms with Gasteiger partial charge in [-0.3, -0.25) is 4.79 Å².